The van der Waals surface area contributed by atoms with Gasteiger partial charge in [-0.25, -0.2) is 22.4 Å². The number of amides is 2. The summed E-state index contributed by atoms with van der Waals surface area (Å²) in [6, 6.07) is 14.8. The van der Waals surface area contributed by atoms with Crippen LogP contribution in [0.15, 0.2) is 65.1 Å². The van der Waals surface area contributed by atoms with Crippen LogP contribution in [0.2, 0.25) is 0 Å². The zero-order valence-corrected chi connectivity index (χ0v) is 22.4. The zero-order valence-electron chi connectivity index (χ0n) is 21.6. The van der Waals surface area contributed by atoms with Crippen molar-refractivity contribution in [2.45, 2.75) is 18.8 Å². The van der Waals surface area contributed by atoms with Crippen LogP contribution in [-0.2, 0) is 19.6 Å². The predicted octanol–water partition coefficient (Wildman–Crippen LogP) is 4.40. The maximum Gasteiger partial charge on any atom is 0.412 e. The number of fused-ring (bicyclic) bond motifs is 1. The molecule has 4 N–H and O–H groups in total. The SMILES string of the molecule is CS(=O)(=O)N(CC(N)=O)c1cc2oc(-c3ccc(Oc4ccc(F)cc4)cc3)c(C(=O)OC(N)=O)c2cc1C1CC1. The fraction of sp³-hybridized carbons (Fsp3) is 0.179. The quantitative estimate of drug-likeness (QED) is 0.216. The molecular weight excluding hydrogens is 557 g/mol. The number of furan rings is 1. The number of ether oxygens (including phenoxy) is 2. The van der Waals surface area contributed by atoms with Crippen molar-refractivity contribution in [1.29, 1.82) is 0 Å². The van der Waals surface area contributed by atoms with Gasteiger partial charge in [0.25, 0.3) is 0 Å². The number of halogens is 1. The van der Waals surface area contributed by atoms with Crippen LogP contribution in [0, 0.1) is 5.82 Å². The number of nitrogens with two attached hydrogens (primary N) is 2. The third-order valence-corrected chi connectivity index (χ3v) is 7.51. The molecule has 0 radical (unpaired) electrons. The largest absolute Gasteiger partial charge is 0.457 e. The standard InChI is InChI=1S/C28H24FN3O8S/c1-41(36,37)32(14-24(30)33)22-13-23-21(12-20(22)15-2-3-15)25(27(34)40-28(31)35)26(39-23)16-4-8-18(9-5-16)38-19-10-6-17(29)7-11-19/h4-13,15H,2-3,14H2,1H3,(H2,30,33)(H2,31,35). The molecule has 1 aliphatic rings. The van der Waals surface area contributed by atoms with E-state index in [-0.39, 0.29) is 33.9 Å². The van der Waals surface area contributed by atoms with Crippen molar-refractivity contribution < 1.29 is 41.1 Å². The molecule has 0 aliphatic heterocycles. The first kappa shape index (κ1) is 27.6. The van der Waals surface area contributed by atoms with Crippen LogP contribution in [0.4, 0.5) is 14.9 Å². The van der Waals surface area contributed by atoms with E-state index >= 15 is 0 Å². The Morgan fingerprint density at radius 2 is 1.61 bits per heavy atom. The number of anilines is 1. The topological polar surface area (TPSA) is 172 Å². The number of primary amides is 2. The van der Waals surface area contributed by atoms with Crippen LogP contribution < -0.4 is 20.5 Å². The molecule has 3 aromatic carbocycles. The number of benzene rings is 3. The number of carbonyl (C=O) groups excluding carboxylic acids is 3. The Balaban J connectivity index is 1.64. The Bertz CT molecular complexity index is 1780. The number of nitrogens with zero attached hydrogens (tertiary/aromatic N) is 1. The van der Waals surface area contributed by atoms with Crippen LogP contribution in [0.1, 0.15) is 34.7 Å². The molecule has 1 aromatic heterocycles. The average molecular weight is 582 g/mol. The fourth-order valence-electron chi connectivity index (χ4n) is 4.47. The Kier molecular flexibility index (Phi) is 7.13. The second-order valence-electron chi connectivity index (χ2n) is 9.51. The lowest BCUT2D eigenvalue weighted by molar-refractivity contribution is -0.116. The smallest absolute Gasteiger partial charge is 0.412 e. The van der Waals surface area contributed by atoms with E-state index in [1.807, 2.05) is 0 Å². The van der Waals surface area contributed by atoms with Crippen molar-refractivity contribution in [3.05, 3.63) is 77.6 Å². The molecule has 2 amide bonds. The molecule has 0 atom stereocenters. The van der Waals surface area contributed by atoms with Gasteiger partial charge < -0.3 is 25.4 Å². The van der Waals surface area contributed by atoms with E-state index in [0.717, 1.165) is 23.4 Å². The monoisotopic (exact) mass is 581 g/mol. The second kappa shape index (κ2) is 10.6. The van der Waals surface area contributed by atoms with Gasteiger partial charge in [-0.2, -0.15) is 0 Å². The molecule has 1 fully saturated rings. The lowest BCUT2D eigenvalue weighted by Crippen LogP contribution is -2.38. The van der Waals surface area contributed by atoms with E-state index in [4.69, 9.17) is 25.4 Å². The number of esters is 1. The molecule has 1 heterocycles. The van der Waals surface area contributed by atoms with Crippen molar-refractivity contribution >= 4 is 44.6 Å². The second-order valence-corrected chi connectivity index (χ2v) is 11.4. The molecule has 1 saturated carbocycles. The number of carbonyl (C=O) groups is 3. The molecular formula is C28H24FN3O8S. The molecule has 13 heteroatoms. The Morgan fingerprint density at radius 3 is 2.15 bits per heavy atom. The minimum atomic E-state index is -3.93. The first-order chi connectivity index (χ1) is 19.4. The molecule has 4 aromatic rings. The molecule has 0 spiro atoms. The molecule has 5 rings (SSSR count). The van der Waals surface area contributed by atoms with Gasteiger partial charge in [-0.3, -0.25) is 9.10 Å². The van der Waals surface area contributed by atoms with E-state index in [0.29, 0.717) is 22.6 Å². The van der Waals surface area contributed by atoms with Gasteiger partial charge >= 0.3 is 12.1 Å². The minimum Gasteiger partial charge on any atom is -0.457 e. The number of rotatable bonds is 9. The maximum absolute atomic E-state index is 13.2. The summed E-state index contributed by atoms with van der Waals surface area (Å²) in [6.07, 6.45) is 1.15. The first-order valence-corrected chi connectivity index (χ1v) is 14.2. The summed E-state index contributed by atoms with van der Waals surface area (Å²) in [6.45, 7) is -0.594. The number of hydrogen-bond donors (Lipinski definition) is 2. The highest BCUT2D eigenvalue weighted by molar-refractivity contribution is 7.92. The first-order valence-electron chi connectivity index (χ1n) is 12.3. The van der Waals surface area contributed by atoms with E-state index in [2.05, 4.69) is 0 Å². The van der Waals surface area contributed by atoms with Crippen molar-refractivity contribution in [3.63, 3.8) is 0 Å². The van der Waals surface area contributed by atoms with E-state index < -0.39 is 40.4 Å². The van der Waals surface area contributed by atoms with Crippen molar-refractivity contribution in [2.75, 3.05) is 17.1 Å². The molecule has 0 bridgehead atoms. The Hall–Kier alpha value is -4.91. The van der Waals surface area contributed by atoms with Gasteiger partial charge in [0.1, 0.15) is 40.8 Å². The molecule has 212 valence electrons. The van der Waals surface area contributed by atoms with Crippen LogP contribution in [0.5, 0.6) is 11.5 Å². The highest BCUT2D eigenvalue weighted by Crippen LogP contribution is 2.48. The van der Waals surface area contributed by atoms with Crippen molar-refractivity contribution in [1.82, 2.24) is 0 Å². The van der Waals surface area contributed by atoms with Gasteiger partial charge in [0.05, 0.1) is 11.9 Å². The van der Waals surface area contributed by atoms with Gasteiger partial charge in [-0.05, 0) is 78.9 Å². The number of sulfonamides is 1. The predicted molar refractivity (Wildman–Crippen MR) is 146 cm³/mol. The van der Waals surface area contributed by atoms with Crippen LogP contribution in [-0.4, -0.2) is 39.2 Å². The summed E-state index contributed by atoms with van der Waals surface area (Å²) in [5.41, 5.74) is 11.6. The molecule has 1 aliphatic carbocycles. The molecule has 0 unspecified atom stereocenters. The fourth-order valence-corrected chi connectivity index (χ4v) is 5.35. The molecule has 41 heavy (non-hydrogen) atoms. The van der Waals surface area contributed by atoms with Crippen molar-refractivity contribution in [3.8, 4) is 22.8 Å². The van der Waals surface area contributed by atoms with Gasteiger partial charge in [0.15, 0.2) is 0 Å². The summed E-state index contributed by atoms with van der Waals surface area (Å²) in [7, 11) is -3.93. The average Bonchev–Trinajstić information content (AvgIpc) is 3.67. The normalized spacial score (nSPS) is 13.1. The van der Waals surface area contributed by atoms with Crippen LogP contribution >= 0.6 is 0 Å². The van der Waals surface area contributed by atoms with Gasteiger partial charge in [0, 0.05) is 17.0 Å². The summed E-state index contributed by atoms with van der Waals surface area (Å²) in [5.74, 6) is -1.52. The maximum atomic E-state index is 13.2. The van der Waals surface area contributed by atoms with E-state index in [9.17, 15) is 27.2 Å². The van der Waals surface area contributed by atoms with Crippen LogP contribution in [0.25, 0.3) is 22.3 Å². The van der Waals surface area contributed by atoms with Gasteiger partial charge in [0.2, 0.25) is 15.9 Å². The van der Waals surface area contributed by atoms with E-state index in [1.54, 1.807) is 30.3 Å². The lowest BCUT2D eigenvalue weighted by Gasteiger charge is -2.23. The van der Waals surface area contributed by atoms with Crippen molar-refractivity contribution in [2.24, 2.45) is 11.5 Å². The van der Waals surface area contributed by atoms with Crippen LogP contribution in [0.3, 0.4) is 0 Å². The summed E-state index contributed by atoms with van der Waals surface area (Å²) in [5, 5.41) is 0.260. The summed E-state index contributed by atoms with van der Waals surface area (Å²) in [4.78, 5) is 36.3. The Morgan fingerprint density at radius 1 is 1.00 bits per heavy atom. The third kappa shape index (κ3) is 5.99. The third-order valence-electron chi connectivity index (χ3n) is 6.39. The summed E-state index contributed by atoms with van der Waals surface area (Å²) < 4.78 is 55.8. The molecule has 0 saturated heterocycles. The zero-order chi connectivity index (χ0) is 29.5. The van der Waals surface area contributed by atoms with Gasteiger partial charge in [-0.15, -0.1) is 0 Å². The summed E-state index contributed by atoms with van der Waals surface area (Å²) >= 11 is 0. The molecule has 11 nitrogen and oxygen atoms in total. The highest BCUT2D eigenvalue weighted by Gasteiger charge is 2.34. The van der Waals surface area contributed by atoms with E-state index in [1.165, 1.54) is 30.3 Å². The Labute approximate surface area is 233 Å². The number of hydrogen-bond acceptors (Lipinski definition) is 8. The lowest BCUT2D eigenvalue weighted by atomic mass is 10.0. The van der Waals surface area contributed by atoms with Gasteiger partial charge in [-0.1, -0.05) is 0 Å². The minimum absolute atomic E-state index is 0.0271. The highest BCUT2D eigenvalue weighted by atomic mass is 32.2.